The Morgan fingerprint density at radius 1 is 1.13 bits per heavy atom. The Morgan fingerprint density at radius 3 is 2.57 bits per heavy atom. The van der Waals surface area contributed by atoms with E-state index in [9.17, 15) is 9.59 Å². The zero-order chi connectivity index (χ0) is 16.2. The third-order valence-corrected chi connectivity index (χ3v) is 4.04. The maximum Gasteiger partial charge on any atom is 0.314 e. The van der Waals surface area contributed by atoms with Gasteiger partial charge in [0.15, 0.2) is 0 Å². The Bertz CT molecular complexity index is 712. The zero-order valence-corrected chi connectivity index (χ0v) is 13.1. The first-order valence-corrected chi connectivity index (χ1v) is 7.80. The van der Waals surface area contributed by atoms with Crippen LogP contribution >= 0.6 is 0 Å². The van der Waals surface area contributed by atoms with Gasteiger partial charge in [-0.25, -0.2) is 0 Å². The van der Waals surface area contributed by atoms with E-state index in [2.05, 4.69) is 0 Å². The number of esters is 1. The van der Waals surface area contributed by atoms with Gasteiger partial charge in [0.25, 0.3) is 0 Å². The molecule has 0 spiro atoms. The van der Waals surface area contributed by atoms with Gasteiger partial charge >= 0.3 is 5.97 Å². The Morgan fingerprint density at radius 2 is 1.83 bits per heavy atom. The number of rotatable bonds is 4. The van der Waals surface area contributed by atoms with Gasteiger partial charge in [-0.15, -0.1) is 0 Å². The lowest BCUT2D eigenvalue weighted by Crippen LogP contribution is -2.38. The molecule has 23 heavy (non-hydrogen) atoms. The van der Waals surface area contributed by atoms with E-state index in [-0.39, 0.29) is 18.3 Å². The van der Waals surface area contributed by atoms with Crippen LogP contribution in [0.5, 0.6) is 0 Å². The van der Waals surface area contributed by atoms with E-state index in [1.165, 1.54) is 0 Å². The van der Waals surface area contributed by atoms with Crippen molar-refractivity contribution in [1.82, 2.24) is 0 Å². The van der Waals surface area contributed by atoms with Crippen molar-refractivity contribution in [2.45, 2.75) is 25.8 Å². The second kappa shape index (κ2) is 6.65. The molecule has 1 aliphatic heterocycles. The van der Waals surface area contributed by atoms with Crippen LogP contribution in [-0.2, 0) is 20.9 Å². The van der Waals surface area contributed by atoms with Crippen molar-refractivity contribution in [3.8, 4) is 0 Å². The molecule has 1 atom stereocenters. The number of anilines is 1. The number of fused-ring (bicyclic) bond motifs is 1. The van der Waals surface area contributed by atoms with Crippen LogP contribution in [-0.4, -0.2) is 18.5 Å². The summed E-state index contributed by atoms with van der Waals surface area (Å²) in [6.07, 6.45) is 0.155. The number of ether oxygens (including phenoxy) is 1. The molecule has 2 aromatic carbocycles. The highest BCUT2D eigenvalue weighted by atomic mass is 16.5. The second-order valence-electron chi connectivity index (χ2n) is 5.53. The Hall–Kier alpha value is -2.62. The van der Waals surface area contributed by atoms with Crippen LogP contribution in [0, 0.1) is 0 Å². The molecule has 0 radical (unpaired) electrons. The van der Waals surface area contributed by atoms with Gasteiger partial charge in [0.1, 0.15) is 0 Å². The number of amides is 1. The first-order chi connectivity index (χ1) is 11.2. The molecule has 0 aliphatic carbocycles. The second-order valence-corrected chi connectivity index (χ2v) is 5.53. The first-order valence-electron chi connectivity index (χ1n) is 7.80. The van der Waals surface area contributed by atoms with E-state index in [1.807, 2.05) is 54.6 Å². The van der Waals surface area contributed by atoms with Gasteiger partial charge in [-0.05, 0) is 24.1 Å². The lowest BCUT2D eigenvalue weighted by atomic mass is 9.89. The minimum atomic E-state index is -0.509. The van der Waals surface area contributed by atoms with Crippen molar-refractivity contribution in [3.63, 3.8) is 0 Å². The van der Waals surface area contributed by atoms with E-state index >= 15 is 0 Å². The Labute approximate surface area is 135 Å². The molecule has 4 nitrogen and oxygen atoms in total. The van der Waals surface area contributed by atoms with Crippen LogP contribution in [0.25, 0.3) is 0 Å². The van der Waals surface area contributed by atoms with Gasteiger partial charge in [0.05, 0.1) is 19.1 Å². The van der Waals surface area contributed by atoms with Gasteiger partial charge in [-0.3, -0.25) is 9.59 Å². The number of carbonyl (C=O) groups excluding carboxylic acids is 2. The van der Waals surface area contributed by atoms with Crippen LogP contribution in [0.3, 0.4) is 0 Å². The number of carbonyl (C=O) groups is 2. The minimum absolute atomic E-state index is 0.0504. The fourth-order valence-electron chi connectivity index (χ4n) is 2.95. The van der Waals surface area contributed by atoms with E-state index in [0.29, 0.717) is 13.2 Å². The molecule has 0 aromatic heterocycles. The monoisotopic (exact) mass is 309 g/mol. The lowest BCUT2D eigenvalue weighted by Gasteiger charge is -2.33. The van der Waals surface area contributed by atoms with Gasteiger partial charge < -0.3 is 9.64 Å². The quantitative estimate of drug-likeness (QED) is 0.814. The van der Waals surface area contributed by atoms with Crippen LogP contribution in [0.15, 0.2) is 54.6 Å². The number of benzene rings is 2. The largest absolute Gasteiger partial charge is 0.466 e. The maximum absolute atomic E-state index is 12.6. The molecule has 118 valence electrons. The van der Waals surface area contributed by atoms with Gasteiger partial charge in [-0.1, -0.05) is 48.5 Å². The van der Waals surface area contributed by atoms with Crippen LogP contribution in [0.2, 0.25) is 0 Å². The van der Waals surface area contributed by atoms with Gasteiger partial charge in [-0.2, -0.15) is 0 Å². The molecule has 0 saturated carbocycles. The summed E-state index contributed by atoms with van der Waals surface area (Å²) >= 11 is 0. The highest BCUT2D eigenvalue weighted by Crippen LogP contribution is 2.37. The van der Waals surface area contributed by atoms with Crippen LogP contribution in [0.4, 0.5) is 5.69 Å². The van der Waals surface area contributed by atoms with Crippen LogP contribution < -0.4 is 4.90 Å². The lowest BCUT2D eigenvalue weighted by molar-refractivity contribution is -0.146. The highest BCUT2D eigenvalue weighted by Gasteiger charge is 2.35. The van der Waals surface area contributed by atoms with E-state index in [0.717, 1.165) is 16.8 Å². The predicted octanol–water partition coefficient (Wildman–Crippen LogP) is 3.27. The van der Waals surface area contributed by atoms with Crippen LogP contribution in [0.1, 0.15) is 30.4 Å². The minimum Gasteiger partial charge on any atom is -0.466 e. The SMILES string of the molecule is CCOC(=O)[C@H]1CC(=O)N(Cc2ccccc2)c2ccccc21. The summed E-state index contributed by atoms with van der Waals surface area (Å²) in [6, 6.07) is 17.4. The number of hydrogen-bond donors (Lipinski definition) is 0. The topological polar surface area (TPSA) is 46.6 Å². The third-order valence-electron chi connectivity index (χ3n) is 4.04. The van der Waals surface area contributed by atoms with E-state index in [4.69, 9.17) is 4.74 Å². The molecule has 1 heterocycles. The fourth-order valence-corrected chi connectivity index (χ4v) is 2.95. The molecule has 2 aromatic rings. The van der Waals surface area contributed by atoms with Crippen molar-refractivity contribution >= 4 is 17.6 Å². The fraction of sp³-hybridized carbons (Fsp3) is 0.263. The Balaban J connectivity index is 1.94. The molecule has 0 saturated heterocycles. The summed E-state index contributed by atoms with van der Waals surface area (Å²) in [6.45, 7) is 2.60. The summed E-state index contributed by atoms with van der Waals surface area (Å²) in [4.78, 5) is 26.5. The molecule has 0 unspecified atom stereocenters. The molecule has 0 fully saturated rings. The smallest absolute Gasteiger partial charge is 0.314 e. The summed E-state index contributed by atoms with van der Waals surface area (Å²) in [5, 5.41) is 0. The maximum atomic E-state index is 12.6. The molecule has 0 N–H and O–H groups in total. The summed E-state index contributed by atoms with van der Waals surface area (Å²) in [5.41, 5.74) is 2.72. The van der Waals surface area contributed by atoms with Crippen molar-refractivity contribution < 1.29 is 14.3 Å². The summed E-state index contributed by atoms with van der Waals surface area (Å²) in [5.74, 6) is -0.885. The van der Waals surface area contributed by atoms with Gasteiger partial charge in [0, 0.05) is 12.1 Å². The number of nitrogens with zero attached hydrogens (tertiary/aromatic N) is 1. The number of hydrogen-bond acceptors (Lipinski definition) is 3. The van der Waals surface area contributed by atoms with Crippen molar-refractivity contribution in [2.75, 3.05) is 11.5 Å². The molecule has 3 rings (SSSR count). The van der Waals surface area contributed by atoms with Crippen molar-refractivity contribution in [1.29, 1.82) is 0 Å². The molecule has 0 bridgehead atoms. The standard InChI is InChI=1S/C19H19NO3/c1-2-23-19(22)16-12-18(21)20(13-14-8-4-3-5-9-14)17-11-7-6-10-15(16)17/h3-11,16H,2,12-13H2,1H3/t16-/m0/s1. The third kappa shape index (κ3) is 3.11. The zero-order valence-electron chi connectivity index (χ0n) is 13.1. The van der Waals surface area contributed by atoms with E-state index < -0.39 is 5.92 Å². The average Bonchev–Trinajstić information content (AvgIpc) is 2.58. The molecule has 1 amide bonds. The molecular weight excluding hydrogens is 290 g/mol. The van der Waals surface area contributed by atoms with E-state index in [1.54, 1.807) is 11.8 Å². The predicted molar refractivity (Wildman–Crippen MR) is 88.1 cm³/mol. The van der Waals surface area contributed by atoms with Crippen molar-refractivity contribution in [3.05, 3.63) is 65.7 Å². The van der Waals surface area contributed by atoms with Crippen molar-refractivity contribution in [2.24, 2.45) is 0 Å². The average molecular weight is 309 g/mol. The first kappa shape index (κ1) is 15.3. The van der Waals surface area contributed by atoms with Gasteiger partial charge in [0.2, 0.25) is 5.91 Å². The normalized spacial score (nSPS) is 16.8. The number of para-hydroxylation sites is 1. The Kier molecular flexibility index (Phi) is 4.42. The highest BCUT2D eigenvalue weighted by molar-refractivity contribution is 6.01. The summed E-state index contributed by atoms with van der Waals surface area (Å²) < 4.78 is 5.13. The summed E-state index contributed by atoms with van der Waals surface area (Å²) in [7, 11) is 0. The molecular formula is C19H19NO3. The molecule has 1 aliphatic rings. The molecule has 4 heteroatoms.